The number of nitrogens with zero attached hydrogens (tertiary/aromatic N) is 1. The van der Waals surface area contributed by atoms with Gasteiger partial charge in [0.25, 0.3) is 0 Å². The molecule has 0 unspecified atom stereocenters. The molecule has 0 amide bonds. The van der Waals surface area contributed by atoms with Crippen molar-refractivity contribution in [2.24, 2.45) is 5.14 Å². The Balaban J connectivity index is 2.91. The average molecular weight is 238 g/mol. The lowest BCUT2D eigenvalue weighted by Gasteiger charge is -2.07. The third-order valence-electron chi connectivity index (χ3n) is 2.22. The maximum Gasteiger partial charge on any atom is 0.240 e. The molecule has 0 aliphatic carbocycles. The topological polar surface area (TPSA) is 82.3 Å². The fraction of sp³-hybridized carbons (Fsp3) is 0.100. The molecule has 0 aliphatic rings. The van der Waals surface area contributed by atoms with Gasteiger partial charge in [0.15, 0.2) is 0 Å². The monoisotopic (exact) mass is 238 g/mol. The SMILES string of the molecule is COc1ccc(S(N)(=O)=O)c2ncccc12. The molecule has 84 valence electrons. The molecule has 2 aromatic rings. The lowest BCUT2D eigenvalue weighted by molar-refractivity contribution is 0.419. The third-order valence-corrected chi connectivity index (χ3v) is 3.16. The number of sulfonamides is 1. The van der Waals surface area contributed by atoms with Crippen molar-refractivity contribution >= 4 is 20.9 Å². The van der Waals surface area contributed by atoms with Gasteiger partial charge in [-0.2, -0.15) is 0 Å². The Bertz CT molecular complexity index is 638. The molecule has 16 heavy (non-hydrogen) atoms. The molecule has 2 N–H and O–H groups in total. The first-order valence-corrected chi connectivity index (χ1v) is 6.03. The smallest absolute Gasteiger partial charge is 0.240 e. The normalized spacial score (nSPS) is 11.6. The Morgan fingerprint density at radius 3 is 2.69 bits per heavy atom. The number of rotatable bonds is 2. The van der Waals surface area contributed by atoms with E-state index in [1.165, 1.54) is 19.4 Å². The van der Waals surface area contributed by atoms with Crippen molar-refractivity contribution in [2.45, 2.75) is 4.90 Å². The van der Waals surface area contributed by atoms with E-state index < -0.39 is 10.0 Å². The number of ether oxygens (including phenoxy) is 1. The highest BCUT2D eigenvalue weighted by atomic mass is 32.2. The zero-order valence-corrected chi connectivity index (χ0v) is 9.36. The fourth-order valence-electron chi connectivity index (χ4n) is 1.53. The van der Waals surface area contributed by atoms with Gasteiger partial charge in [-0.15, -0.1) is 0 Å². The molecule has 6 heteroatoms. The number of aromatic nitrogens is 1. The highest BCUT2D eigenvalue weighted by molar-refractivity contribution is 7.89. The van der Waals surface area contributed by atoms with E-state index in [1.54, 1.807) is 18.2 Å². The van der Waals surface area contributed by atoms with Crippen molar-refractivity contribution in [2.75, 3.05) is 7.11 Å². The van der Waals surface area contributed by atoms with E-state index in [0.717, 1.165) is 0 Å². The number of nitrogens with two attached hydrogens (primary N) is 1. The molecule has 0 saturated heterocycles. The Morgan fingerprint density at radius 1 is 1.31 bits per heavy atom. The number of fused-ring (bicyclic) bond motifs is 1. The summed E-state index contributed by atoms with van der Waals surface area (Å²) in [7, 11) is -2.26. The highest BCUT2D eigenvalue weighted by Gasteiger charge is 2.15. The summed E-state index contributed by atoms with van der Waals surface area (Å²) < 4.78 is 27.8. The van der Waals surface area contributed by atoms with Crippen LogP contribution in [0.25, 0.3) is 10.9 Å². The highest BCUT2D eigenvalue weighted by Crippen LogP contribution is 2.28. The molecule has 0 fully saturated rings. The summed E-state index contributed by atoms with van der Waals surface area (Å²) in [5.41, 5.74) is 0.323. The summed E-state index contributed by atoms with van der Waals surface area (Å²) in [6, 6.07) is 6.39. The summed E-state index contributed by atoms with van der Waals surface area (Å²) in [4.78, 5) is 4.02. The average Bonchev–Trinajstić information content (AvgIpc) is 2.26. The van der Waals surface area contributed by atoms with E-state index in [9.17, 15) is 8.42 Å². The van der Waals surface area contributed by atoms with E-state index in [-0.39, 0.29) is 4.90 Å². The van der Waals surface area contributed by atoms with Gasteiger partial charge in [-0.3, -0.25) is 4.98 Å². The second kappa shape index (κ2) is 3.73. The van der Waals surface area contributed by atoms with Crippen LogP contribution >= 0.6 is 0 Å². The van der Waals surface area contributed by atoms with Crippen molar-refractivity contribution in [3.63, 3.8) is 0 Å². The van der Waals surface area contributed by atoms with Crippen LogP contribution in [0, 0.1) is 0 Å². The van der Waals surface area contributed by atoms with Crippen LogP contribution in [0.5, 0.6) is 5.75 Å². The summed E-state index contributed by atoms with van der Waals surface area (Å²) in [5.74, 6) is 0.565. The van der Waals surface area contributed by atoms with Gasteiger partial charge in [0.1, 0.15) is 10.6 Å². The molecular weight excluding hydrogens is 228 g/mol. The Morgan fingerprint density at radius 2 is 2.06 bits per heavy atom. The van der Waals surface area contributed by atoms with Gasteiger partial charge in [-0.05, 0) is 24.3 Å². The van der Waals surface area contributed by atoms with Crippen LogP contribution in [0.15, 0.2) is 35.4 Å². The van der Waals surface area contributed by atoms with Gasteiger partial charge in [-0.1, -0.05) is 0 Å². The number of hydrogen-bond donors (Lipinski definition) is 1. The van der Waals surface area contributed by atoms with Crippen LogP contribution in [0.4, 0.5) is 0 Å². The zero-order valence-electron chi connectivity index (χ0n) is 8.54. The molecular formula is C10H10N2O3S. The van der Waals surface area contributed by atoms with Gasteiger partial charge >= 0.3 is 0 Å². The minimum absolute atomic E-state index is 0.00361. The second-order valence-corrected chi connectivity index (χ2v) is 4.74. The van der Waals surface area contributed by atoms with Crippen molar-refractivity contribution in [1.29, 1.82) is 0 Å². The minimum Gasteiger partial charge on any atom is -0.496 e. The number of pyridine rings is 1. The Kier molecular flexibility index (Phi) is 2.53. The minimum atomic E-state index is -3.77. The van der Waals surface area contributed by atoms with Crippen molar-refractivity contribution in [1.82, 2.24) is 4.98 Å². The summed E-state index contributed by atoms with van der Waals surface area (Å²) in [5, 5.41) is 5.73. The quantitative estimate of drug-likeness (QED) is 0.842. The van der Waals surface area contributed by atoms with Crippen LogP contribution in [-0.4, -0.2) is 20.5 Å². The molecule has 1 aromatic carbocycles. The number of primary sulfonamides is 1. The maximum atomic E-state index is 11.3. The van der Waals surface area contributed by atoms with E-state index in [1.807, 2.05) is 0 Å². The first-order valence-electron chi connectivity index (χ1n) is 4.48. The standard InChI is InChI=1S/C10H10N2O3S/c1-15-8-4-5-9(16(11,13)14)10-7(8)3-2-6-12-10/h2-6H,1H3,(H2,11,13,14). The molecule has 0 radical (unpaired) electrons. The molecule has 0 spiro atoms. The van der Waals surface area contributed by atoms with Crippen molar-refractivity contribution in [3.8, 4) is 5.75 Å². The van der Waals surface area contributed by atoms with Crippen LogP contribution in [-0.2, 0) is 10.0 Å². The zero-order chi connectivity index (χ0) is 11.8. The van der Waals surface area contributed by atoms with Crippen LogP contribution in [0.2, 0.25) is 0 Å². The van der Waals surface area contributed by atoms with Crippen LogP contribution < -0.4 is 9.88 Å². The summed E-state index contributed by atoms with van der Waals surface area (Å²) in [6.45, 7) is 0. The molecule has 1 heterocycles. The Hall–Kier alpha value is -1.66. The predicted molar refractivity (Wildman–Crippen MR) is 59.7 cm³/mol. The van der Waals surface area contributed by atoms with E-state index >= 15 is 0 Å². The molecule has 1 aromatic heterocycles. The molecule has 0 atom stereocenters. The van der Waals surface area contributed by atoms with E-state index in [4.69, 9.17) is 9.88 Å². The fourth-order valence-corrected chi connectivity index (χ4v) is 2.22. The summed E-state index contributed by atoms with van der Waals surface area (Å²) in [6.07, 6.45) is 1.51. The first-order chi connectivity index (χ1) is 7.54. The third kappa shape index (κ3) is 1.72. The summed E-state index contributed by atoms with van der Waals surface area (Å²) >= 11 is 0. The van der Waals surface area contributed by atoms with Gasteiger partial charge in [0, 0.05) is 11.6 Å². The van der Waals surface area contributed by atoms with Crippen LogP contribution in [0.3, 0.4) is 0 Å². The largest absolute Gasteiger partial charge is 0.496 e. The van der Waals surface area contributed by atoms with Gasteiger partial charge in [-0.25, -0.2) is 13.6 Å². The van der Waals surface area contributed by atoms with E-state index in [0.29, 0.717) is 16.7 Å². The number of methoxy groups -OCH3 is 1. The van der Waals surface area contributed by atoms with Crippen molar-refractivity contribution in [3.05, 3.63) is 30.5 Å². The van der Waals surface area contributed by atoms with Crippen LogP contribution in [0.1, 0.15) is 0 Å². The lowest BCUT2D eigenvalue weighted by Crippen LogP contribution is -2.13. The molecule has 5 nitrogen and oxygen atoms in total. The number of hydrogen-bond acceptors (Lipinski definition) is 4. The molecule has 0 saturated carbocycles. The number of benzene rings is 1. The Labute approximate surface area is 92.9 Å². The van der Waals surface area contributed by atoms with Gasteiger partial charge in [0.2, 0.25) is 10.0 Å². The second-order valence-electron chi connectivity index (χ2n) is 3.21. The molecule has 0 bridgehead atoms. The van der Waals surface area contributed by atoms with Gasteiger partial charge < -0.3 is 4.74 Å². The molecule has 2 rings (SSSR count). The lowest BCUT2D eigenvalue weighted by atomic mass is 10.2. The van der Waals surface area contributed by atoms with Crippen molar-refractivity contribution < 1.29 is 13.2 Å². The predicted octanol–water partition coefficient (Wildman–Crippen LogP) is 0.891. The van der Waals surface area contributed by atoms with Gasteiger partial charge in [0.05, 0.1) is 12.6 Å². The van der Waals surface area contributed by atoms with E-state index in [2.05, 4.69) is 4.98 Å². The maximum absolute atomic E-state index is 11.3. The molecule has 0 aliphatic heterocycles. The first kappa shape index (κ1) is 10.8.